The third kappa shape index (κ3) is 14.6. The summed E-state index contributed by atoms with van der Waals surface area (Å²) < 4.78 is 11.4. The maximum Gasteiger partial charge on any atom is 0.338 e. The molecule has 0 aromatic heterocycles. The zero-order valence-corrected chi connectivity index (χ0v) is 26.9. The van der Waals surface area contributed by atoms with Crippen molar-refractivity contribution in [3.63, 3.8) is 0 Å². The summed E-state index contributed by atoms with van der Waals surface area (Å²) in [7, 11) is 0. The summed E-state index contributed by atoms with van der Waals surface area (Å²) in [5.74, 6) is 1.85. The highest BCUT2D eigenvalue weighted by atomic mass is 16.5. The Hall–Kier alpha value is -3.27. The number of carbonyl (C=O) groups excluding carboxylic acids is 1. The molecule has 1 atom stereocenters. The Morgan fingerprint density at radius 3 is 2.40 bits per heavy atom. The molecule has 0 saturated carbocycles. The number of unbranched alkanes of at least 4 members (excludes halogenated alkanes) is 3. The van der Waals surface area contributed by atoms with Crippen LogP contribution in [0.4, 0.5) is 0 Å². The number of hydrogen-bond acceptors (Lipinski definition) is 4. The molecule has 42 heavy (non-hydrogen) atoms. The molecule has 0 fully saturated rings. The largest absolute Gasteiger partial charge is 0.493 e. The van der Waals surface area contributed by atoms with Gasteiger partial charge in [-0.05, 0) is 94.0 Å². The van der Waals surface area contributed by atoms with Gasteiger partial charge in [-0.3, -0.25) is 0 Å². The first-order chi connectivity index (χ1) is 20.5. The molecule has 4 nitrogen and oxygen atoms in total. The summed E-state index contributed by atoms with van der Waals surface area (Å²) in [6.45, 7) is 12.7. The van der Waals surface area contributed by atoms with Crippen LogP contribution in [0.25, 0.3) is 6.08 Å². The molecule has 0 spiro atoms. The first-order valence-corrected chi connectivity index (χ1v) is 16.2. The molecule has 0 radical (unpaired) electrons. The number of ether oxygens (including phenoxy) is 2. The van der Waals surface area contributed by atoms with E-state index >= 15 is 0 Å². The Labute approximate surface area is 256 Å². The molecule has 0 amide bonds. The predicted molar refractivity (Wildman–Crippen MR) is 179 cm³/mol. The van der Waals surface area contributed by atoms with Crippen LogP contribution in [-0.2, 0) is 11.2 Å². The van der Waals surface area contributed by atoms with Crippen molar-refractivity contribution >= 4 is 12.0 Å². The standard InChI is InChI=1S/C38H55NO3/c1-6-16-36(17-7-2)39-28-14-9-15-29-42-37-21-13-12-20-34(37)25-22-32(19-11-10-18-31(4)5)30-33-23-26-35(27-24-33)38(40)41-8-3/h6,12-13,16-17,20-27,31-32,39H,7-11,14-15,18-19,28-30H2,1-5H3/b16-6-,25-22+,36-17+. The smallest absolute Gasteiger partial charge is 0.338 e. The van der Waals surface area contributed by atoms with Crippen molar-refractivity contribution in [2.45, 2.75) is 92.4 Å². The molecule has 230 valence electrons. The van der Waals surface area contributed by atoms with E-state index in [1.165, 1.54) is 30.5 Å². The van der Waals surface area contributed by atoms with Crippen LogP contribution in [0.1, 0.15) is 107 Å². The van der Waals surface area contributed by atoms with Crippen molar-refractivity contribution in [1.29, 1.82) is 0 Å². The Bertz CT molecular complexity index is 1100. The number of nitrogens with one attached hydrogen (secondary N) is 1. The highest BCUT2D eigenvalue weighted by Gasteiger charge is 2.11. The van der Waals surface area contributed by atoms with Crippen molar-refractivity contribution in [2.24, 2.45) is 11.8 Å². The normalized spacial score (nSPS) is 12.8. The highest BCUT2D eigenvalue weighted by molar-refractivity contribution is 5.89. The van der Waals surface area contributed by atoms with Crippen LogP contribution in [0.15, 0.2) is 78.5 Å². The van der Waals surface area contributed by atoms with Gasteiger partial charge in [0.25, 0.3) is 0 Å². The SMILES string of the molecule is C/C=C\C(=C/CC)NCCCCCOc1ccccc1/C=C/C(CCCCC(C)C)Cc1ccc(C(=O)OCC)cc1. The van der Waals surface area contributed by atoms with Gasteiger partial charge in [0.05, 0.1) is 18.8 Å². The van der Waals surface area contributed by atoms with Crippen LogP contribution in [0.5, 0.6) is 5.75 Å². The van der Waals surface area contributed by atoms with Gasteiger partial charge in [0, 0.05) is 17.8 Å². The summed E-state index contributed by atoms with van der Waals surface area (Å²) in [6.07, 6.45) is 21.2. The minimum absolute atomic E-state index is 0.259. The topological polar surface area (TPSA) is 47.6 Å². The van der Waals surface area contributed by atoms with E-state index in [9.17, 15) is 4.79 Å². The second-order valence-corrected chi connectivity index (χ2v) is 11.4. The number of allylic oxidation sites excluding steroid dienone is 4. The Morgan fingerprint density at radius 1 is 0.929 bits per heavy atom. The van der Waals surface area contributed by atoms with Crippen LogP contribution in [0, 0.1) is 11.8 Å². The minimum atomic E-state index is -0.259. The fourth-order valence-corrected chi connectivity index (χ4v) is 4.93. The summed E-state index contributed by atoms with van der Waals surface area (Å²) in [6, 6.07) is 16.2. The average Bonchev–Trinajstić information content (AvgIpc) is 2.98. The number of rotatable bonds is 21. The first-order valence-electron chi connectivity index (χ1n) is 16.2. The molecule has 2 aromatic rings. The number of para-hydroxylation sites is 1. The summed E-state index contributed by atoms with van der Waals surface area (Å²) in [5, 5.41) is 3.52. The molecule has 1 N–H and O–H groups in total. The van der Waals surface area contributed by atoms with Crippen molar-refractivity contribution in [3.8, 4) is 5.75 Å². The van der Waals surface area contributed by atoms with E-state index in [4.69, 9.17) is 9.47 Å². The van der Waals surface area contributed by atoms with Gasteiger partial charge in [-0.1, -0.05) is 94.7 Å². The quantitative estimate of drug-likeness (QED) is 0.0917. The third-order valence-electron chi connectivity index (χ3n) is 7.21. The van der Waals surface area contributed by atoms with E-state index in [2.05, 4.69) is 93.7 Å². The van der Waals surface area contributed by atoms with E-state index < -0.39 is 0 Å². The van der Waals surface area contributed by atoms with E-state index in [1.807, 2.05) is 25.1 Å². The molecule has 1 unspecified atom stereocenters. The van der Waals surface area contributed by atoms with Gasteiger partial charge in [-0.25, -0.2) is 4.79 Å². The monoisotopic (exact) mass is 573 g/mol. The minimum Gasteiger partial charge on any atom is -0.493 e. The lowest BCUT2D eigenvalue weighted by Crippen LogP contribution is -2.13. The van der Waals surface area contributed by atoms with Gasteiger partial charge >= 0.3 is 5.97 Å². The molecule has 0 aliphatic carbocycles. The number of carbonyl (C=O) groups is 1. The second-order valence-electron chi connectivity index (χ2n) is 11.4. The molecule has 2 aromatic carbocycles. The van der Waals surface area contributed by atoms with Crippen LogP contribution in [-0.4, -0.2) is 25.7 Å². The molecule has 0 aliphatic rings. The lowest BCUT2D eigenvalue weighted by atomic mass is 9.91. The zero-order chi connectivity index (χ0) is 30.4. The molecule has 2 rings (SSSR count). The molecular weight excluding hydrogens is 518 g/mol. The fourth-order valence-electron chi connectivity index (χ4n) is 4.93. The van der Waals surface area contributed by atoms with Crippen LogP contribution >= 0.6 is 0 Å². The van der Waals surface area contributed by atoms with Crippen molar-refractivity contribution < 1.29 is 14.3 Å². The van der Waals surface area contributed by atoms with Crippen LogP contribution < -0.4 is 10.1 Å². The van der Waals surface area contributed by atoms with Gasteiger partial charge in [0.2, 0.25) is 0 Å². The predicted octanol–water partition coefficient (Wildman–Crippen LogP) is 9.96. The fraction of sp³-hybridized carbons (Fsp3) is 0.500. The van der Waals surface area contributed by atoms with E-state index in [0.29, 0.717) is 18.1 Å². The third-order valence-corrected chi connectivity index (χ3v) is 7.21. The first kappa shape index (κ1) is 34.9. The zero-order valence-electron chi connectivity index (χ0n) is 26.9. The lowest BCUT2D eigenvalue weighted by molar-refractivity contribution is 0.0526. The molecule has 4 heteroatoms. The summed E-state index contributed by atoms with van der Waals surface area (Å²) in [5.41, 5.74) is 4.19. The van der Waals surface area contributed by atoms with E-state index in [0.717, 1.165) is 68.9 Å². The Morgan fingerprint density at radius 2 is 1.69 bits per heavy atom. The van der Waals surface area contributed by atoms with Crippen LogP contribution in [0.2, 0.25) is 0 Å². The molecule has 0 aliphatic heterocycles. The molecule has 0 bridgehead atoms. The molecule has 0 saturated heterocycles. The van der Waals surface area contributed by atoms with Crippen molar-refractivity contribution in [1.82, 2.24) is 5.32 Å². The van der Waals surface area contributed by atoms with E-state index in [-0.39, 0.29) is 5.97 Å². The maximum atomic E-state index is 12.1. The second kappa shape index (κ2) is 21.4. The number of esters is 1. The van der Waals surface area contributed by atoms with Crippen LogP contribution in [0.3, 0.4) is 0 Å². The highest BCUT2D eigenvalue weighted by Crippen LogP contribution is 2.24. The molecular formula is C38H55NO3. The lowest BCUT2D eigenvalue weighted by Gasteiger charge is -2.15. The maximum absolute atomic E-state index is 12.1. The van der Waals surface area contributed by atoms with Gasteiger partial charge < -0.3 is 14.8 Å². The van der Waals surface area contributed by atoms with Gasteiger partial charge in [0.15, 0.2) is 0 Å². The number of benzene rings is 2. The van der Waals surface area contributed by atoms with E-state index in [1.54, 1.807) is 0 Å². The summed E-state index contributed by atoms with van der Waals surface area (Å²) in [4.78, 5) is 12.1. The van der Waals surface area contributed by atoms with Gasteiger partial charge in [0.1, 0.15) is 5.75 Å². The average molecular weight is 574 g/mol. The Kier molecular flexibility index (Phi) is 17.8. The van der Waals surface area contributed by atoms with Gasteiger partial charge in [-0.15, -0.1) is 0 Å². The van der Waals surface area contributed by atoms with Crippen molar-refractivity contribution in [2.75, 3.05) is 19.8 Å². The Balaban J connectivity index is 1.95. The van der Waals surface area contributed by atoms with Crippen molar-refractivity contribution in [3.05, 3.63) is 95.2 Å². The molecule has 0 heterocycles. The number of hydrogen-bond donors (Lipinski definition) is 1. The van der Waals surface area contributed by atoms with Gasteiger partial charge in [-0.2, -0.15) is 0 Å². The summed E-state index contributed by atoms with van der Waals surface area (Å²) >= 11 is 0.